The summed E-state index contributed by atoms with van der Waals surface area (Å²) < 4.78 is 15.9. The summed E-state index contributed by atoms with van der Waals surface area (Å²) in [6.45, 7) is 1.21. The highest BCUT2D eigenvalue weighted by Crippen LogP contribution is 2.21. The number of ketones is 1. The van der Waals surface area contributed by atoms with Crippen molar-refractivity contribution in [3.05, 3.63) is 65.7 Å². The Bertz CT molecular complexity index is 700. The molecule has 4 heteroatoms. The lowest BCUT2D eigenvalue weighted by Crippen LogP contribution is -2.07. The molecule has 118 valence electrons. The Morgan fingerprint density at radius 2 is 1.96 bits per heavy atom. The number of carbonyl (C=O) groups is 1. The van der Waals surface area contributed by atoms with Gasteiger partial charge in [0.15, 0.2) is 5.78 Å². The Hall–Kier alpha value is -2.59. The van der Waals surface area contributed by atoms with E-state index in [-0.39, 0.29) is 11.9 Å². The Morgan fingerprint density at radius 3 is 2.65 bits per heavy atom. The van der Waals surface area contributed by atoms with E-state index in [0.717, 1.165) is 17.9 Å². The van der Waals surface area contributed by atoms with Gasteiger partial charge in [-0.1, -0.05) is 30.3 Å². The van der Waals surface area contributed by atoms with E-state index in [9.17, 15) is 4.79 Å². The quantitative estimate of drug-likeness (QED) is 0.447. The van der Waals surface area contributed by atoms with E-state index < -0.39 is 0 Å². The lowest BCUT2D eigenvalue weighted by Gasteiger charge is -2.08. The van der Waals surface area contributed by atoms with Gasteiger partial charge in [-0.25, -0.2) is 0 Å². The highest BCUT2D eigenvalue weighted by molar-refractivity contribution is 6.08. The van der Waals surface area contributed by atoms with Crippen LogP contribution < -0.4 is 9.47 Å². The summed E-state index contributed by atoms with van der Waals surface area (Å²) in [5.41, 5.74) is 1.49. The monoisotopic (exact) mass is 310 g/mol. The predicted octanol–water partition coefficient (Wildman–Crippen LogP) is 3.37. The topological polar surface area (TPSA) is 48.1 Å². The normalized spacial score (nSPS) is 16.3. The fourth-order valence-electron chi connectivity index (χ4n) is 2.12. The third-order valence-corrected chi connectivity index (χ3v) is 3.52. The van der Waals surface area contributed by atoms with Gasteiger partial charge >= 0.3 is 0 Å². The van der Waals surface area contributed by atoms with Crippen LogP contribution >= 0.6 is 0 Å². The van der Waals surface area contributed by atoms with Gasteiger partial charge in [-0.05, 0) is 35.9 Å². The van der Waals surface area contributed by atoms with Crippen molar-refractivity contribution < 1.29 is 19.0 Å². The molecule has 2 aromatic rings. The molecule has 0 aliphatic carbocycles. The summed E-state index contributed by atoms with van der Waals surface area (Å²) in [5, 5.41) is 0. The van der Waals surface area contributed by atoms with Crippen molar-refractivity contribution >= 4 is 11.9 Å². The molecule has 3 rings (SSSR count). The molecule has 2 aromatic carbocycles. The fraction of sp³-hybridized carbons (Fsp3) is 0.211. The Balaban J connectivity index is 1.70. The SMILES string of the molecule is COc1ccc(C=CC(=O)c2ccccc2OCC2CO2)cc1. The molecule has 0 radical (unpaired) electrons. The first-order chi connectivity index (χ1) is 11.3. The van der Waals surface area contributed by atoms with Crippen molar-refractivity contribution in [3.8, 4) is 11.5 Å². The highest BCUT2D eigenvalue weighted by atomic mass is 16.6. The third-order valence-electron chi connectivity index (χ3n) is 3.52. The van der Waals surface area contributed by atoms with Crippen molar-refractivity contribution in [1.29, 1.82) is 0 Å². The van der Waals surface area contributed by atoms with Crippen LogP contribution in [0.1, 0.15) is 15.9 Å². The number of hydrogen-bond acceptors (Lipinski definition) is 4. The van der Waals surface area contributed by atoms with Gasteiger partial charge in [0, 0.05) is 0 Å². The van der Waals surface area contributed by atoms with E-state index in [4.69, 9.17) is 14.2 Å². The zero-order chi connectivity index (χ0) is 16.1. The lowest BCUT2D eigenvalue weighted by molar-refractivity contribution is 0.104. The minimum atomic E-state index is -0.0897. The van der Waals surface area contributed by atoms with Crippen LogP contribution in [-0.2, 0) is 4.74 Å². The number of para-hydroxylation sites is 1. The number of rotatable bonds is 7. The molecule has 0 bridgehead atoms. The molecule has 1 aliphatic rings. The molecule has 1 aliphatic heterocycles. The molecule has 0 saturated carbocycles. The van der Waals surface area contributed by atoms with Crippen LogP contribution in [0.25, 0.3) is 6.08 Å². The van der Waals surface area contributed by atoms with Crippen molar-refractivity contribution in [1.82, 2.24) is 0 Å². The van der Waals surface area contributed by atoms with Crippen molar-refractivity contribution in [2.45, 2.75) is 6.10 Å². The van der Waals surface area contributed by atoms with Crippen LogP contribution in [0.4, 0.5) is 0 Å². The maximum atomic E-state index is 12.4. The number of carbonyl (C=O) groups excluding carboxylic acids is 1. The first-order valence-corrected chi connectivity index (χ1v) is 7.46. The molecule has 1 saturated heterocycles. The second-order valence-corrected chi connectivity index (χ2v) is 5.23. The molecular weight excluding hydrogens is 292 g/mol. The van der Waals surface area contributed by atoms with Gasteiger partial charge in [-0.3, -0.25) is 4.79 Å². The summed E-state index contributed by atoms with van der Waals surface area (Å²) in [5.74, 6) is 1.29. The molecule has 1 atom stereocenters. The lowest BCUT2D eigenvalue weighted by atomic mass is 10.1. The second kappa shape index (κ2) is 7.11. The molecule has 1 unspecified atom stereocenters. The summed E-state index contributed by atoms with van der Waals surface area (Å²) >= 11 is 0. The Morgan fingerprint density at radius 1 is 1.22 bits per heavy atom. The molecule has 23 heavy (non-hydrogen) atoms. The van der Waals surface area contributed by atoms with Crippen molar-refractivity contribution in [2.24, 2.45) is 0 Å². The average molecular weight is 310 g/mol. The highest BCUT2D eigenvalue weighted by Gasteiger charge is 2.23. The Labute approximate surface area is 135 Å². The smallest absolute Gasteiger partial charge is 0.189 e. The summed E-state index contributed by atoms with van der Waals surface area (Å²) in [6.07, 6.45) is 3.49. The van der Waals surface area contributed by atoms with Crippen LogP contribution in [0.2, 0.25) is 0 Å². The van der Waals surface area contributed by atoms with Gasteiger partial charge in [0.1, 0.15) is 24.2 Å². The maximum Gasteiger partial charge on any atom is 0.189 e. The van der Waals surface area contributed by atoms with E-state index >= 15 is 0 Å². The molecule has 0 N–H and O–H groups in total. The second-order valence-electron chi connectivity index (χ2n) is 5.23. The van der Waals surface area contributed by atoms with Gasteiger partial charge in [-0.15, -0.1) is 0 Å². The van der Waals surface area contributed by atoms with Gasteiger partial charge in [0.05, 0.1) is 19.3 Å². The van der Waals surface area contributed by atoms with Gasteiger partial charge in [0.25, 0.3) is 0 Å². The minimum Gasteiger partial charge on any atom is -0.497 e. The largest absolute Gasteiger partial charge is 0.497 e. The first-order valence-electron chi connectivity index (χ1n) is 7.46. The van der Waals surface area contributed by atoms with Crippen LogP contribution in [-0.4, -0.2) is 32.2 Å². The molecule has 0 spiro atoms. The van der Waals surface area contributed by atoms with Crippen molar-refractivity contribution in [2.75, 3.05) is 20.3 Å². The summed E-state index contributed by atoms with van der Waals surface area (Å²) in [6, 6.07) is 14.8. The molecule has 0 amide bonds. The minimum absolute atomic E-state index is 0.0897. The van der Waals surface area contributed by atoms with E-state index in [0.29, 0.717) is 17.9 Å². The molecule has 1 fully saturated rings. The van der Waals surface area contributed by atoms with Gasteiger partial charge in [0.2, 0.25) is 0 Å². The van der Waals surface area contributed by atoms with E-state index in [1.807, 2.05) is 36.4 Å². The fourth-order valence-corrected chi connectivity index (χ4v) is 2.12. The average Bonchev–Trinajstić information content (AvgIpc) is 3.43. The van der Waals surface area contributed by atoms with Gasteiger partial charge < -0.3 is 14.2 Å². The first kappa shape index (κ1) is 15.3. The van der Waals surface area contributed by atoms with E-state index in [1.54, 1.807) is 31.4 Å². The number of ether oxygens (including phenoxy) is 3. The van der Waals surface area contributed by atoms with Crippen LogP contribution in [0.15, 0.2) is 54.6 Å². The van der Waals surface area contributed by atoms with Crippen LogP contribution in [0.3, 0.4) is 0 Å². The zero-order valence-electron chi connectivity index (χ0n) is 12.9. The van der Waals surface area contributed by atoms with Crippen LogP contribution in [0.5, 0.6) is 11.5 Å². The number of hydrogen-bond donors (Lipinski definition) is 0. The molecule has 1 heterocycles. The summed E-state index contributed by atoms with van der Waals surface area (Å²) in [7, 11) is 1.62. The van der Waals surface area contributed by atoms with E-state index in [2.05, 4.69) is 0 Å². The number of benzene rings is 2. The zero-order valence-corrected chi connectivity index (χ0v) is 12.9. The third kappa shape index (κ3) is 4.20. The van der Waals surface area contributed by atoms with Crippen LogP contribution in [0, 0.1) is 0 Å². The molecule has 0 aromatic heterocycles. The van der Waals surface area contributed by atoms with E-state index in [1.165, 1.54) is 0 Å². The number of methoxy groups -OCH3 is 1. The number of allylic oxidation sites excluding steroid dienone is 1. The Kier molecular flexibility index (Phi) is 4.74. The summed E-state index contributed by atoms with van der Waals surface area (Å²) in [4.78, 5) is 12.4. The predicted molar refractivity (Wildman–Crippen MR) is 88.0 cm³/mol. The molecule has 4 nitrogen and oxygen atoms in total. The molecular formula is C19H18O4. The standard InChI is InChI=1S/C19H18O4/c1-21-15-9-6-14(7-10-15)8-11-18(20)17-4-2-3-5-19(17)23-13-16-12-22-16/h2-11,16H,12-13H2,1H3. The number of epoxide rings is 1. The maximum absolute atomic E-state index is 12.4. The van der Waals surface area contributed by atoms with Gasteiger partial charge in [-0.2, -0.15) is 0 Å². The van der Waals surface area contributed by atoms with Crippen molar-refractivity contribution in [3.63, 3.8) is 0 Å².